The fourth-order valence-corrected chi connectivity index (χ4v) is 4.28. The molecule has 3 aromatic rings. The van der Waals surface area contributed by atoms with Crippen LogP contribution in [0.3, 0.4) is 0 Å². The number of carbonyl (C=O) groups is 1. The molecule has 150 valence electrons. The number of hydrogen-bond acceptors (Lipinski definition) is 5. The van der Waals surface area contributed by atoms with Crippen LogP contribution in [-0.2, 0) is 13.0 Å². The van der Waals surface area contributed by atoms with Gasteiger partial charge in [-0.1, -0.05) is 0 Å². The molecule has 0 fully saturated rings. The van der Waals surface area contributed by atoms with Crippen LogP contribution < -0.4 is 15.1 Å². The highest BCUT2D eigenvalue weighted by Gasteiger charge is 2.32. The Morgan fingerprint density at radius 1 is 1.45 bits per heavy atom. The van der Waals surface area contributed by atoms with E-state index in [1.54, 1.807) is 4.57 Å². The number of aromatic carboxylic acids is 1. The van der Waals surface area contributed by atoms with Gasteiger partial charge in [-0.3, -0.25) is 9.89 Å². The average molecular weight is 398 g/mol. The molecule has 1 unspecified atom stereocenters. The van der Waals surface area contributed by atoms with Gasteiger partial charge in [0.05, 0.1) is 22.6 Å². The lowest BCUT2D eigenvalue weighted by atomic mass is 10.0. The van der Waals surface area contributed by atoms with Crippen molar-refractivity contribution in [2.24, 2.45) is 0 Å². The predicted molar refractivity (Wildman–Crippen MR) is 103 cm³/mol. The summed E-state index contributed by atoms with van der Waals surface area (Å²) in [5.74, 6) is -1.64. The molecule has 9 heteroatoms. The largest absolute Gasteiger partial charge is 0.487 e. The number of halogens is 1. The normalized spacial score (nSPS) is 17.9. The monoisotopic (exact) mass is 398 g/mol. The third-order valence-corrected chi connectivity index (χ3v) is 5.82. The maximum atomic E-state index is 15.3. The topological polar surface area (TPSA) is 100 Å². The number of aromatic amines is 1. The van der Waals surface area contributed by atoms with Gasteiger partial charge in [-0.2, -0.15) is 5.10 Å². The molecule has 2 aromatic heterocycles. The zero-order chi connectivity index (χ0) is 20.4. The van der Waals surface area contributed by atoms with Gasteiger partial charge in [0.1, 0.15) is 17.9 Å². The number of benzene rings is 1. The van der Waals surface area contributed by atoms with Crippen LogP contribution in [-0.4, -0.2) is 39.0 Å². The SMILES string of the molecule is Cc1[nH]nc2c1CN(c1c(F)cc3c(=O)c(C(=O)O)cn4c3c1OCC4C)CC2. The Kier molecular flexibility index (Phi) is 3.71. The van der Waals surface area contributed by atoms with E-state index in [0.29, 0.717) is 30.7 Å². The third-order valence-electron chi connectivity index (χ3n) is 5.82. The number of pyridine rings is 1. The van der Waals surface area contributed by atoms with Crippen molar-refractivity contribution in [2.75, 3.05) is 18.1 Å². The van der Waals surface area contributed by atoms with Crippen molar-refractivity contribution >= 4 is 22.6 Å². The minimum absolute atomic E-state index is 0.0184. The summed E-state index contributed by atoms with van der Waals surface area (Å²) in [6.07, 6.45) is 2.00. The van der Waals surface area contributed by atoms with Crippen LogP contribution in [0.25, 0.3) is 10.9 Å². The summed E-state index contributed by atoms with van der Waals surface area (Å²) in [5.41, 5.74) is 2.60. The van der Waals surface area contributed by atoms with E-state index in [1.807, 2.05) is 18.7 Å². The van der Waals surface area contributed by atoms with Gasteiger partial charge >= 0.3 is 5.97 Å². The first-order valence-corrected chi connectivity index (χ1v) is 9.42. The highest BCUT2D eigenvalue weighted by atomic mass is 19.1. The first-order chi connectivity index (χ1) is 13.9. The van der Waals surface area contributed by atoms with Gasteiger partial charge in [0.2, 0.25) is 5.43 Å². The number of aryl methyl sites for hydroxylation is 1. The average Bonchev–Trinajstić information content (AvgIpc) is 3.06. The van der Waals surface area contributed by atoms with Crippen molar-refractivity contribution in [3.05, 3.63) is 50.8 Å². The Morgan fingerprint density at radius 3 is 3.00 bits per heavy atom. The first kappa shape index (κ1) is 17.7. The summed E-state index contributed by atoms with van der Waals surface area (Å²) in [5, 5.41) is 16.7. The Bertz CT molecular complexity index is 1250. The second-order valence-electron chi connectivity index (χ2n) is 7.62. The quantitative estimate of drug-likeness (QED) is 0.688. The van der Waals surface area contributed by atoms with Crippen LogP contribution in [0.5, 0.6) is 5.75 Å². The molecule has 0 radical (unpaired) electrons. The van der Waals surface area contributed by atoms with Crippen LogP contribution in [0, 0.1) is 12.7 Å². The number of anilines is 1. The number of H-pyrrole nitrogens is 1. The van der Waals surface area contributed by atoms with E-state index >= 15 is 4.39 Å². The summed E-state index contributed by atoms with van der Waals surface area (Å²) in [6, 6.07) is 0.949. The van der Waals surface area contributed by atoms with Gasteiger partial charge in [-0.25, -0.2) is 9.18 Å². The molecule has 5 rings (SSSR count). The molecule has 0 saturated heterocycles. The molecule has 0 saturated carbocycles. The van der Waals surface area contributed by atoms with Crippen molar-refractivity contribution in [1.29, 1.82) is 0 Å². The van der Waals surface area contributed by atoms with Gasteiger partial charge in [0.15, 0.2) is 11.6 Å². The second kappa shape index (κ2) is 6.07. The van der Waals surface area contributed by atoms with Gasteiger partial charge < -0.3 is 19.3 Å². The van der Waals surface area contributed by atoms with Crippen molar-refractivity contribution in [3.63, 3.8) is 0 Å². The van der Waals surface area contributed by atoms with Gasteiger partial charge in [-0.15, -0.1) is 0 Å². The number of ether oxygens (including phenoxy) is 1. The predicted octanol–water partition coefficient (Wildman–Crippen LogP) is 2.39. The van der Waals surface area contributed by atoms with Crippen molar-refractivity contribution in [3.8, 4) is 5.75 Å². The summed E-state index contributed by atoms with van der Waals surface area (Å²) >= 11 is 0. The molecule has 2 aliphatic heterocycles. The van der Waals surface area contributed by atoms with Crippen molar-refractivity contribution in [2.45, 2.75) is 32.9 Å². The van der Waals surface area contributed by atoms with E-state index in [-0.39, 0.29) is 29.3 Å². The maximum Gasteiger partial charge on any atom is 0.341 e. The van der Waals surface area contributed by atoms with Crippen LogP contribution in [0.4, 0.5) is 10.1 Å². The van der Waals surface area contributed by atoms with Gasteiger partial charge in [0, 0.05) is 37.0 Å². The van der Waals surface area contributed by atoms with E-state index in [0.717, 1.165) is 23.0 Å². The number of rotatable bonds is 2. The molecule has 0 bridgehead atoms. The molecule has 2 aliphatic rings. The molecule has 8 nitrogen and oxygen atoms in total. The lowest BCUT2D eigenvalue weighted by Crippen LogP contribution is -2.33. The minimum Gasteiger partial charge on any atom is -0.487 e. The second-order valence-corrected chi connectivity index (χ2v) is 7.62. The lowest BCUT2D eigenvalue weighted by Gasteiger charge is -2.34. The van der Waals surface area contributed by atoms with Crippen molar-refractivity contribution in [1.82, 2.24) is 14.8 Å². The Morgan fingerprint density at radius 2 is 2.24 bits per heavy atom. The Labute approximate surface area is 164 Å². The first-order valence-electron chi connectivity index (χ1n) is 9.42. The molecule has 0 spiro atoms. The highest BCUT2D eigenvalue weighted by molar-refractivity contribution is 5.97. The van der Waals surface area contributed by atoms with E-state index in [1.165, 1.54) is 6.20 Å². The van der Waals surface area contributed by atoms with Crippen molar-refractivity contribution < 1.29 is 19.0 Å². The van der Waals surface area contributed by atoms with E-state index < -0.39 is 17.2 Å². The van der Waals surface area contributed by atoms with Crippen LogP contribution in [0.15, 0.2) is 17.1 Å². The highest BCUT2D eigenvalue weighted by Crippen LogP contribution is 2.43. The molecule has 29 heavy (non-hydrogen) atoms. The van der Waals surface area contributed by atoms with Crippen LogP contribution >= 0.6 is 0 Å². The number of hydrogen-bond donors (Lipinski definition) is 2. The van der Waals surface area contributed by atoms with Crippen LogP contribution in [0.2, 0.25) is 0 Å². The molecule has 0 aliphatic carbocycles. The molecule has 1 atom stereocenters. The molecule has 2 N–H and O–H groups in total. The molecule has 0 amide bonds. The van der Waals surface area contributed by atoms with E-state index in [4.69, 9.17) is 4.74 Å². The van der Waals surface area contributed by atoms with E-state index in [9.17, 15) is 14.7 Å². The Hall–Kier alpha value is -3.36. The number of nitrogens with one attached hydrogen (secondary N) is 1. The van der Waals surface area contributed by atoms with Crippen LogP contribution in [0.1, 0.15) is 40.3 Å². The summed E-state index contributed by atoms with van der Waals surface area (Å²) in [4.78, 5) is 26.1. The molecular weight excluding hydrogens is 379 g/mol. The fourth-order valence-electron chi connectivity index (χ4n) is 4.28. The zero-order valence-corrected chi connectivity index (χ0v) is 16.0. The number of aromatic nitrogens is 3. The fraction of sp³-hybridized carbons (Fsp3) is 0.350. The molecule has 4 heterocycles. The molecular formula is C20H19FN4O4. The lowest BCUT2D eigenvalue weighted by molar-refractivity contribution is 0.0694. The zero-order valence-electron chi connectivity index (χ0n) is 16.0. The summed E-state index contributed by atoms with van der Waals surface area (Å²) in [7, 11) is 0. The number of carboxylic acid groups (broad SMARTS) is 1. The smallest absolute Gasteiger partial charge is 0.341 e. The number of carboxylic acids is 1. The van der Waals surface area contributed by atoms with Gasteiger partial charge in [-0.05, 0) is 19.9 Å². The molecule has 1 aromatic carbocycles. The van der Waals surface area contributed by atoms with Gasteiger partial charge in [0.25, 0.3) is 0 Å². The summed E-state index contributed by atoms with van der Waals surface area (Å²) in [6.45, 7) is 5.08. The minimum atomic E-state index is -1.33. The van der Waals surface area contributed by atoms with E-state index in [2.05, 4.69) is 10.2 Å². The number of fused-ring (bicyclic) bond motifs is 1. The third kappa shape index (κ3) is 2.46. The standard InChI is InChI=1S/C20H19FN4O4/c1-9-8-29-19-16-11(18(26)13(20(27)28)7-25(9)16)5-14(21)17(19)24-4-3-15-12(6-24)10(2)22-23-15/h5,7,9H,3-4,6,8H2,1-2H3,(H,22,23)(H,27,28). The Balaban J connectivity index is 1.76. The number of nitrogens with zero attached hydrogens (tertiary/aromatic N) is 3. The summed E-state index contributed by atoms with van der Waals surface area (Å²) < 4.78 is 22.9. The maximum absolute atomic E-state index is 15.3.